The summed E-state index contributed by atoms with van der Waals surface area (Å²) >= 11 is 0. The van der Waals surface area contributed by atoms with Crippen LogP contribution in [0.2, 0.25) is 0 Å². The van der Waals surface area contributed by atoms with Crippen molar-refractivity contribution in [2.45, 2.75) is 38.1 Å². The van der Waals surface area contributed by atoms with E-state index < -0.39 is 0 Å². The summed E-state index contributed by atoms with van der Waals surface area (Å²) in [7, 11) is 1.90. The lowest BCUT2D eigenvalue weighted by Crippen LogP contribution is -2.40. The summed E-state index contributed by atoms with van der Waals surface area (Å²) in [6.45, 7) is 0.756. The number of hydrogen-bond donors (Lipinski definition) is 1. The number of hydrogen-bond acceptors (Lipinski definition) is 1. The molecule has 1 heterocycles. The lowest BCUT2D eigenvalue weighted by atomic mass is 9.91. The van der Waals surface area contributed by atoms with Crippen LogP contribution in [-0.2, 0) is 6.42 Å². The Hall–Kier alpha value is -2.29. The SMILES string of the molecule is CN1C(=O)NCCCCCCc2ccccc2C1c1ccccc1. The fourth-order valence-electron chi connectivity index (χ4n) is 3.51. The topological polar surface area (TPSA) is 32.3 Å². The van der Waals surface area contributed by atoms with Gasteiger partial charge in [-0.3, -0.25) is 0 Å². The van der Waals surface area contributed by atoms with Gasteiger partial charge in [0, 0.05) is 13.6 Å². The minimum absolute atomic E-state index is 0.000713. The van der Waals surface area contributed by atoms with Crippen molar-refractivity contribution in [2.24, 2.45) is 0 Å². The first-order valence-electron chi connectivity index (χ1n) is 8.91. The Morgan fingerprint density at radius 2 is 1.62 bits per heavy atom. The molecule has 3 heteroatoms. The minimum Gasteiger partial charge on any atom is -0.338 e. The van der Waals surface area contributed by atoms with Gasteiger partial charge in [-0.25, -0.2) is 4.79 Å². The molecule has 0 saturated carbocycles. The number of urea groups is 1. The van der Waals surface area contributed by atoms with E-state index in [2.05, 4.69) is 41.7 Å². The van der Waals surface area contributed by atoms with Gasteiger partial charge < -0.3 is 10.2 Å². The van der Waals surface area contributed by atoms with E-state index in [-0.39, 0.29) is 12.1 Å². The highest BCUT2D eigenvalue weighted by Crippen LogP contribution is 2.31. The number of rotatable bonds is 1. The quantitative estimate of drug-likeness (QED) is 0.821. The third-order valence-electron chi connectivity index (χ3n) is 4.82. The zero-order chi connectivity index (χ0) is 16.8. The second kappa shape index (κ2) is 8.00. The van der Waals surface area contributed by atoms with Crippen LogP contribution in [0.3, 0.4) is 0 Å². The molecule has 3 nitrogen and oxygen atoms in total. The van der Waals surface area contributed by atoms with Gasteiger partial charge in [-0.2, -0.15) is 0 Å². The molecule has 0 fully saturated rings. The molecular weight excluding hydrogens is 296 g/mol. The van der Waals surface area contributed by atoms with Crippen molar-refractivity contribution < 1.29 is 4.79 Å². The number of fused-ring (bicyclic) bond motifs is 1. The van der Waals surface area contributed by atoms with Crippen molar-refractivity contribution in [3.05, 3.63) is 71.3 Å². The summed E-state index contributed by atoms with van der Waals surface area (Å²) in [5.74, 6) is 0. The molecule has 2 aromatic rings. The van der Waals surface area contributed by atoms with Crippen molar-refractivity contribution in [1.29, 1.82) is 0 Å². The van der Waals surface area contributed by atoms with E-state index in [0.717, 1.165) is 24.9 Å². The highest BCUT2D eigenvalue weighted by Gasteiger charge is 2.25. The number of carbonyl (C=O) groups excluding carboxylic acids is 1. The van der Waals surface area contributed by atoms with Gasteiger partial charge in [0.1, 0.15) is 0 Å². The summed E-state index contributed by atoms with van der Waals surface area (Å²) in [6, 6.07) is 18.8. The fraction of sp³-hybridized carbons (Fsp3) is 0.381. The molecule has 2 aromatic carbocycles. The maximum absolute atomic E-state index is 12.6. The number of carbonyl (C=O) groups is 1. The van der Waals surface area contributed by atoms with Crippen LogP contribution in [0.1, 0.15) is 48.4 Å². The molecule has 0 spiro atoms. The Morgan fingerprint density at radius 1 is 0.917 bits per heavy atom. The molecular formula is C21H26N2O. The molecule has 1 N–H and O–H groups in total. The first-order valence-corrected chi connectivity index (χ1v) is 8.91. The highest BCUT2D eigenvalue weighted by molar-refractivity contribution is 5.75. The largest absolute Gasteiger partial charge is 0.338 e. The maximum Gasteiger partial charge on any atom is 0.317 e. The van der Waals surface area contributed by atoms with Gasteiger partial charge in [-0.05, 0) is 36.0 Å². The molecule has 1 aliphatic heterocycles. The Morgan fingerprint density at radius 3 is 2.46 bits per heavy atom. The van der Waals surface area contributed by atoms with Crippen LogP contribution in [0.4, 0.5) is 4.79 Å². The zero-order valence-electron chi connectivity index (χ0n) is 14.4. The molecule has 3 rings (SSSR count). The second-order valence-electron chi connectivity index (χ2n) is 6.52. The Kier molecular flexibility index (Phi) is 5.52. The molecule has 0 radical (unpaired) electrons. The zero-order valence-corrected chi connectivity index (χ0v) is 14.4. The van der Waals surface area contributed by atoms with Crippen molar-refractivity contribution in [3.8, 4) is 0 Å². The van der Waals surface area contributed by atoms with Crippen LogP contribution in [-0.4, -0.2) is 24.5 Å². The van der Waals surface area contributed by atoms with Crippen LogP contribution in [0.5, 0.6) is 0 Å². The number of amides is 2. The lowest BCUT2D eigenvalue weighted by molar-refractivity contribution is 0.197. The first kappa shape index (κ1) is 16.6. The van der Waals surface area contributed by atoms with Crippen LogP contribution in [0, 0.1) is 0 Å². The Labute approximate surface area is 144 Å². The Bertz CT molecular complexity index is 669. The van der Waals surface area contributed by atoms with Crippen LogP contribution < -0.4 is 5.32 Å². The number of aryl methyl sites for hydroxylation is 1. The maximum atomic E-state index is 12.6. The predicted molar refractivity (Wildman–Crippen MR) is 98.1 cm³/mol. The number of nitrogens with one attached hydrogen (secondary N) is 1. The number of benzene rings is 2. The normalized spacial score (nSPS) is 19.6. The van der Waals surface area contributed by atoms with Gasteiger partial charge in [0.15, 0.2) is 0 Å². The summed E-state index contributed by atoms with van der Waals surface area (Å²) in [6.07, 6.45) is 5.73. The van der Waals surface area contributed by atoms with E-state index in [1.807, 2.05) is 30.1 Å². The summed E-state index contributed by atoms with van der Waals surface area (Å²) in [5, 5.41) is 3.07. The molecule has 1 unspecified atom stereocenters. The molecule has 0 bridgehead atoms. The lowest BCUT2D eigenvalue weighted by Gasteiger charge is -2.31. The molecule has 1 aliphatic rings. The average Bonchev–Trinajstić information content (AvgIpc) is 2.62. The van der Waals surface area contributed by atoms with Crippen molar-refractivity contribution >= 4 is 6.03 Å². The van der Waals surface area contributed by atoms with E-state index in [1.165, 1.54) is 30.4 Å². The average molecular weight is 322 g/mol. The molecule has 0 aromatic heterocycles. The van der Waals surface area contributed by atoms with Gasteiger partial charge >= 0.3 is 6.03 Å². The van der Waals surface area contributed by atoms with Crippen molar-refractivity contribution in [1.82, 2.24) is 10.2 Å². The highest BCUT2D eigenvalue weighted by atomic mass is 16.2. The fourth-order valence-corrected chi connectivity index (χ4v) is 3.51. The van der Waals surface area contributed by atoms with E-state index in [0.29, 0.717) is 0 Å². The summed E-state index contributed by atoms with van der Waals surface area (Å²) in [4.78, 5) is 14.5. The monoisotopic (exact) mass is 322 g/mol. The first-order chi connectivity index (χ1) is 11.8. The standard InChI is InChI=1S/C21H26N2O/c1-23-20(18-13-6-4-7-14-18)19-15-9-8-12-17(19)11-5-2-3-10-16-22-21(23)24/h4,6-9,12-15,20H,2-3,5,10-11,16H2,1H3,(H,22,24). The molecule has 24 heavy (non-hydrogen) atoms. The smallest absolute Gasteiger partial charge is 0.317 e. The molecule has 0 saturated heterocycles. The van der Waals surface area contributed by atoms with Gasteiger partial charge in [-0.1, -0.05) is 67.4 Å². The molecule has 1 atom stereocenters. The predicted octanol–water partition coefficient (Wildman–Crippen LogP) is 4.53. The van der Waals surface area contributed by atoms with E-state index in [4.69, 9.17) is 0 Å². The van der Waals surface area contributed by atoms with Crippen LogP contribution in [0.25, 0.3) is 0 Å². The minimum atomic E-state index is -0.0539. The molecule has 126 valence electrons. The number of nitrogens with zero attached hydrogens (tertiary/aromatic N) is 1. The van der Waals surface area contributed by atoms with Gasteiger partial charge in [0.25, 0.3) is 0 Å². The van der Waals surface area contributed by atoms with E-state index in [9.17, 15) is 4.79 Å². The van der Waals surface area contributed by atoms with Gasteiger partial charge in [0.05, 0.1) is 6.04 Å². The third kappa shape index (κ3) is 3.78. The summed E-state index contributed by atoms with van der Waals surface area (Å²) < 4.78 is 0. The summed E-state index contributed by atoms with van der Waals surface area (Å²) in [5.41, 5.74) is 3.74. The van der Waals surface area contributed by atoms with Crippen LogP contribution >= 0.6 is 0 Å². The third-order valence-corrected chi connectivity index (χ3v) is 4.82. The molecule has 0 aliphatic carbocycles. The van der Waals surface area contributed by atoms with Crippen molar-refractivity contribution in [3.63, 3.8) is 0 Å². The van der Waals surface area contributed by atoms with E-state index >= 15 is 0 Å². The van der Waals surface area contributed by atoms with Gasteiger partial charge in [0.2, 0.25) is 0 Å². The van der Waals surface area contributed by atoms with E-state index in [1.54, 1.807) is 0 Å². The van der Waals surface area contributed by atoms with Crippen LogP contribution in [0.15, 0.2) is 54.6 Å². The molecule has 2 amide bonds. The van der Waals surface area contributed by atoms with Crippen molar-refractivity contribution in [2.75, 3.05) is 13.6 Å². The Balaban J connectivity index is 2.04. The second-order valence-corrected chi connectivity index (χ2v) is 6.52. The van der Waals surface area contributed by atoms with Gasteiger partial charge in [-0.15, -0.1) is 0 Å².